The molecule has 2 rings (SSSR count). The van der Waals surface area contributed by atoms with Gasteiger partial charge in [0, 0.05) is 11.3 Å². The van der Waals surface area contributed by atoms with Crippen LogP contribution in [0.25, 0.3) is 0 Å². The molecule has 1 amide bonds. The highest BCUT2D eigenvalue weighted by molar-refractivity contribution is 5.91. The van der Waals surface area contributed by atoms with Gasteiger partial charge in [-0.05, 0) is 62.2 Å². The second kappa shape index (κ2) is 7.33. The normalized spacial score (nSPS) is 12.0. The summed E-state index contributed by atoms with van der Waals surface area (Å²) in [5.74, 6) is -1.87. The predicted molar refractivity (Wildman–Crippen MR) is 86.1 cm³/mol. The van der Waals surface area contributed by atoms with Crippen LogP contribution in [0.1, 0.15) is 29.7 Å². The second-order valence-corrected chi connectivity index (χ2v) is 5.83. The molecule has 1 atom stereocenters. The van der Waals surface area contributed by atoms with Gasteiger partial charge in [0.2, 0.25) is 0 Å². The Labute approximate surface area is 134 Å². The summed E-state index contributed by atoms with van der Waals surface area (Å²) in [6.07, 6.45) is 0. The first-order valence-electron chi connectivity index (χ1n) is 7.51. The maximum absolute atomic E-state index is 13.2. The van der Waals surface area contributed by atoms with E-state index in [-0.39, 0.29) is 18.5 Å². The monoisotopic (exact) mass is 319 g/mol. The number of hydrogen-bond donors (Lipinski definition) is 2. The van der Waals surface area contributed by atoms with Crippen molar-refractivity contribution in [2.24, 2.45) is 0 Å². The summed E-state index contributed by atoms with van der Waals surface area (Å²) in [5.41, 5.74) is 3.57. The third-order valence-electron chi connectivity index (χ3n) is 3.63. The molecule has 5 heteroatoms. The number of halogens is 2. The van der Waals surface area contributed by atoms with Gasteiger partial charge >= 0.3 is 0 Å². The molecule has 0 aliphatic carbocycles. The van der Waals surface area contributed by atoms with E-state index in [4.69, 9.17) is 0 Å². The van der Waals surface area contributed by atoms with Crippen molar-refractivity contribution in [1.29, 1.82) is 0 Å². The van der Waals surface area contributed by atoms with Gasteiger partial charge in [-0.3, -0.25) is 4.79 Å². The quantitative estimate of drug-likeness (QED) is 0.874. The molecule has 0 aliphatic heterocycles. The number of carbonyl (C=O) groups excluding carboxylic acids is 1. The lowest BCUT2D eigenvalue weighted by atomic mass is 10.1. The van der Waals surface area contributed by atoms with Crippen molar-refractivity contribution < 1.29 is 18.9 Å². The Balaban J connectivity index is 1.91. The summed E-state index contributed by atoms with van der Waals surface area (Å²) in [6.45, 7) is 5.99. The Morgan fingerprint density at radius 2 is 1.74 bits per heavy atom. The number of quaternary nitrogens is 1. The Morgan fingerprint density at radius 3 is 2.35 bits per heavy atom. The molecule has 0 saturated heterocycles. The minimum Gasteiger partial charge on any atom is -0.333 e. The minimum absolute atomic E-state index is 0.135. The molecule has 0 spiro atoms. The van der Waals surface area contributed by atoms with E-state index < -0.39 is 11.6 Å². The van der Waals surface area contributed by atoms with E-state index in [1.165, 1.54) is 12.1 Å². The lowest BCUT2D eigenvalue weighted by molar-refractivity contribution is -0.682. The van der Waals surface area contributed by atoms with Crippen LogP contribution in [0.2, 0.25) is 0 Å². The number of benzene rings is 2. The van der Waals surface area contributed by atoms with Crippen molar-refractivity contribution >= 4 is 11.6 Å². The number of hydrogen-bond acceptors (Lipinski definition) is 1. The molecule has 0 aromatic heterocycles. The number of anilines is 1. The Kier molecular flexibility index (Phi) is 5.45. The first kappa shape index (κ1) is 17.1. The molecular weight excluding hydrogens is 298 g/mol. The fourth-order valence-electron chi connectivity index (χ4n) is 2.47. The van der Waals surface area contributed by atoms with Crippen molar-refractivity contribution in [2.45, 2.75) is 26.8 Å². The highest BCUT2D eigenvalue weighted by Crippen LogP contribution is 2.14. The lowest BCUT2D eigenvalue weighted by Crippen LogP contribution is -2.86. The zero-order valence-corrected chi connectivity index (χ0v) is 13.5. The maximum Gasteiger partial charge on any atom is 0.279 e. The van der Waals surface area contributed by atoms with E-state index in [9.17, 15) is 13.6 Å². The highest BCUT2D eigenvalue weighted by Gasteiger charge is 2.14. The lowest BCUT2D eigenvalue weighted by Gasteiger charge is -2.12. The van der Waals surface area contributed by atoms with Crippen molar-refractivity contribution in [2.75, 3.05) is 11.9 Å². The standard InChI is InChI=1S/C18H20F2N2O/c1-11-6-12(2)8-15(7-11)22-18(23)10-21-13(3)14-4-5-16(19)17(20)9-14/h4-9,13,21H,10H2,1-3H3,(H,22,23)/p+1/t13-/m0/s1. The van der Waals surface area contributed by atoms with E-state index >= 15 is 0 Å². The van der Waals surface area contributed by atoms with Crippen LogP contribution in [0.3, 0.4) is 0 Å². The van der Waals surface area contributed by atoms with Crippen molar-refractivity contribution in [1.82, 2.24) is 0 Å². The van der Waals surface area contributed by atoms with Gasteiger partial charge in [-0.15, -0.1) is 0 Å². The van der Waals surface area contributed by atoms with E-state index in [2.05, 4.69) is 5.32 Å². The zero-order valence-electron chi connectivity index (χ0n) is 13.5. The van der Waals surface area contributed by atoms with E-state index in [0.29, 0.717) is 5.56 Å². The molecule has 0 unspecified atom stereocenters. The Bertz CT molecular complexity index is 696. The highest BCUT2D eigenvalue weighted by atomic mass is 19.2. The average Bonchev–Trinajstić information content (AvgIpc) is 2.46. The topological polar surface area (TPSA) is 45.7 Å². The van der Waals surface area contributed by atoms with Crippen LogP contribution < -0.4 is 10.6 Å². The van der Waals surface area contributed by atoms with E-state index in [1.807, 2.05) is 39.0 Å². The van der Waals surface area contributed by atoms with Crippen LogP contribution in [0.15, 0.2) is 36.4 Å². The summed E-state index contributed by atoms with van der Waals surface area (Å²) < 4.78 is 26.2. The van der Waals surface area contributed by atoms with Gasteiger partial charge in [-0.25, -0.2) is 8.78 Å². The third kappa shape index (κ3) is 4.86. The molecule has 2 aromatic rings. The maximum atomic E-state index is 13.2. The van der Waals surface area contributed by atoms with Gasteiger partial charge in [0.05, 0.1) is 0 Å². The van der Waals surface area contributed by atoms with Crippen molar-refractivity contribution in [3.8, 4) is 0 Å². The van der Waals surface area contributed by atoms with Crippen LogP contribution >= 0.6 is 0 Å². The fraction of sp³-hybridized carbons (Fsp3) is 0.278. The molecule has 0 radical (unpaired) electrons. The number of nitrogens with two attached hydrogens (primary N) is 1. The smallest absolute Gasteiger partial charge is 0.279 e. The average molecular weight is 319 g/mol. The summed E-state index contributed by atoms with van der Waals surface area (Å²) in [5, 5.41) is 4.63. The van der Waals surface area contributed by atoms with Crippen LogP contribution in [0, 0.1) is 25.5 Å². The van der Waals surface area contributed by atoms with Gasteiger partial charge in [-0.1, -0.05) is 6.07 Å². The Hall–Kier alpha value is -2.27. The largest absolute Gasteiger partial charge is 0.333 e. The number of nitrogens with one attached hydrogen (secondary N) is 1. The molecule has 3 nitrogen and oxygen atoms in total. The second-order valence-electron chi connectivity index (χ2n) is 5.83. The number of aryl methyl sites for hydroxylation is 2. The van der Waals surface area contributed by atoms with E-state index in [0.717, 1.165) is 22.9 Å². The third-order valence-corrected chi connectivity index (χ3v) is 3.63. The van der Waals surface area contributed by atoms with Crippen LogP contribution in [0.4, 0.5) is 14.5 Å². The van der Waals surface area contributed by atoms with Crippen LogP contribution in [-0.4, -0.2) is 12.5 Å². The number of rotatable bonds is 5. The molecule has 0 heterocycles. The zero-order chi connectivity index (χ0) is 17.0. The molecule has 2 aromatic carbocycles. The first-order chi connectivity index (χ1) is 10.8. The summed E-state index contributed by atoms with van der Waals surface area (Å²) in [6, 6.07) is 9.50. The number of amides is 1. The molecular formula is C18H21F2N2O+. The van der Waals surface area contributed by atoms with Crippen molar-refractivity contribution in [3.63, 3.8) is 0 Å². The van der Waals surface area contributed by atoms with Gasteiger partial charge in [-0.2, -0.15) is 0 Å². The molecule has 0 aliphatic rings. The fourth-order valence-corrected chi connectivity index (χ4v) is 2.47. The Morgan fingerprint density at radius 1 is 1.09 bits per heavy atom. The molecule has 0 fully saturated rings. The molecule has 0 bridgehead atoms. The summed E-state index contributed by atoms with van der Waals surface area (Å²) >= 11 is 0. The van der Waals surface area contributed by atoms with Gasteiger partial charge in [0.1, 0.15) is 6.04 Å². The molecule has 23 heavy (non-hydrogen) atoms. The van der Waals surface area contributed by atoms with Gasteiger partial charge in [0.15, 0.2) is 18.2 Å². The molecule has 122 valence electrons. The minimum atomic E-state index is -0.873. The summed E-state index contributed by atoms with van der Waals surface area (Å²) in [7, 11) is 0. The first-order valence-corrected chi connectivity index (χ1v) is 7.51. The molecule has 3 N–H and O–H groups in total. The van der Waals surface area contributed by atoms with E-state index in [1.54, 1.807) is 5.32 Å². The SMILES string of the molecule is Cc1cc(C)cc(NC(=O)C[NH2+][C@@H](C)c2ccc(F)c(F)c2)c1. The van der Waals surface area contributed by atoms with Gasteiger partial charge < -0.3 is 10.6 Å². The predicted octanol–water partition coefficient (Wildman–Crippen LogP) is 2.84. The molecule has 0 saturated carbocycles. The van der Waals surface area contributed by atoms with Crippen LogP contribution in [-0.2, 0) is 4.79 Å². The van der Waals surface area contributed by atoms with Crippen LogP contribution in [0.5, 0.6) is 0 Å². The summed E-state index contributed by atoms with van der Waals surface area (Å²) in [4.78, 5) is 12.0. The van der Waals surface area contributed by atoms with Gasteiger partial charge in [0.25, 0.3) is 5.91 Å². The van der Waals surface area contributed by atoms with Crippen molar-refractivity contribution in [3.05, 3.63) is 64.7 Å². The number of carbonyl (C=O) groups is 1.